The molecule has 0 aromatic heterocycles. The second kappa shape index (κ2) is 5.67. The van der Waals surface area contributed by atoms with E-state index in [-0.39, 0.29) is 0 Å². The van der Waals surface area contributed by atoms with Gasteiger partial charge in [0.1, 0.15) is 0 Å². The van der Waals surface area contributed by atoms with Crippen molar-refractivity contribution < 1.29 is 4.79 Å². The summed E-state index contributed by atoms with van der Waals surface area (Å²) >= 11 is 0. The molecule has 3 nitrogen and oxygen atoms in total. The number of hydrogen-bond donors (Lipinski definition) is 1. The fourth-order valence-corrected chi connectivity index (χ4v) is 3.21. The standard InChI is InChI=1S/C13H24N2O/c14-7-6-11-4-3-5-12(10-11)13(16)15-8-1-2-9-15/h11-12H,1-10,14H2. The molecular formula is C13H24N2O. The van der Waals surface area contributed by atoms with E-state index in [1.807, 2.05) is 0 Å². The van der Waals surface area contributed by atoms with Gasteiger partial charge >= 0.3 is 0 Å². The quantitative estimate of drug-likeness (QED) is 0.794. The van der Waals surface area contributed by atoms with Gasteiger partial charge in [-0.15, -0.1) is 0 Å². The number of amides is 1. The van der Waals surface area contributed by atoms with E-state index in [1.54, 1.807) is 0 Å². The molecule has 1 saturated heterocycles. The summed E-state index contributed by atoms with van der Waals surface area (Å²) in [5, 5.41) is 0. The number of nitrogens with two attached hydrogens (primary N) is 1. The molecule has 2 fully saturated rings. The lowest BCUT2D eigenvalue weighted by atomic mass is 9.79. The van der Waals surface area contributed by atoms with Crippen LogP contribution in [0.1, 0.15) is 44.9 Å². The summed E-state index contributed by atoms with van der Waals surface area (Å²) in [6.45, 7) is 2.77. The minimum Gasteiger partial charge on any atom is -0.342 e. The van der Waals surface area contributed by atoms with Crippen molar-refractivity contribution in [2.75, 3.05) is 19.6 Å². The van der Waals surface area contributed by atoms with Crippen molar-refractivity contribution in [3.05, 3.63) is 0 Å². The van der Waals surface area contributed by atoms with Gasteiger partial charge in [-0.25, -0.2) is 0 Å². The van der Waals surface area contributed by atoms with Crippen LogP contribution in [0.15, 0.2) is 0 Å². The van der Waals surface area contributed by atoms with Crippen molar-refractivity contribution in [3.63, 3.8) is 0 Å². The molecule has 1 amide bonds. The van der Waals surface area contributed by atoms with Crippen LogP contribution in [-0.4, -0.2) is 30.4 Å². The molecule has 2 unspecified atom stereocenters. The predicted molar refractivity (Wildman–Crippen MR) is 64.9 cm³/mol. The van der Waals surface area contributed by atoms with Crippen molar-refractivity contribution in [3.8, 4) is 0 Å². The Morgan fingerprint density at radius 3 is 2.62 bits per heavy atom. The molecule has 1 heterocycles. The Balaban J connectivity index is 1.85. The lowest BCUT2D eigenvalue weighted by Crippen LogP contribution is -2.36. The molecule has 1 saturated carbocycles. The summed E-state index contributed by atoms with van der Waals surface area (Å²) in [4.78, 5) is 14.3. The van der Waals surface area contributed by atoms with E-state index in [2.05, 4.69) is 4.90 Å². The van der Waals surface area contributed by atoms with E-state index in [9.17, 15) is 4.79 Å². The van der Waals surface area contributed by atoms with Gasteiger partial charge in [-0.1, -0.05) is 12.8 Å². The first-order valence-corrected chi connectivity index (χ1v) is 6.80. The minimum absolute atomic E-state index is 0.309. The number of carbonyl (C=O) groups is 1. The second-order valence-corrected chi connectivity index (χ2v) is 5.34. The summed E-state index contributed by atoms with van der Waals surface area (Å²) < 4.78 is 0. The molecule has 0 aromatic carbocycles. The van der Waals surface area contributed by atoms with E-state index in [4.69, 9.17) is 5.73 Å². The van der Waals surface area contributed by atoms with Crippen LogP contribution < -0.4 is 5.73 Å². The Kier molecular flexibility index (Phi) is 4.22. The van der Waals surface area contributed by atoms with Gasteiger partial charge in [0.15, 0.2) is 0 Å². The fraction of sp³-hybridized carbons (Fsp3) is 0.923. The molecule has 16 heavy (non-hydrogen) atoms. The zero-order chi connectivity index (χ0) is 11.4. The average molecular weight is 224 g/mol. The Bertz CT molecular complexity index is 234. The van der Waals surface area contributed by atoms with Crippen LogP contribution >= 0.6 is 0 Å². The first-order valence-electron chi connectivity index (χ1n) is 6.80. The monoisotopic (exact) mass is 224 g/mol. The molecule has 1 aliphatic heterocycles. The number of rotatable bonds is 3. The van der Waals surface area contributed by atoms with Crippen molar-refractivity contribution in [2.24, 2.45) is 17.6 Å². The number of carbonyl (C=O) groups excluding carboxylic acids is 1. The van der Waals surface area contributed by atoms with Gasteiger partial charge in [0.05, 0.1) is 0 Å². The normalized spacial score (nSPS) is 30.7. The van der Waals surface area contributed by atoms with E-state index < -0.39 is 0 Å². The SMILES string of the molecule is NCCC1CCCC(C(=O)N2CCCC2)C1. The first-order chi connectivity index (χ1) is 7.81. The van der Waals surface area contributed by atoms with Crippen molar-refractivity contribution in [2.45, 2.75) is 44.9 Å². The summed E-state index contributed by atoms with van der Waals surface area (Å²) in [5.74, 6) is 1.44. The third kappa shape index (κ3) is 2.76. The molecule has 2 N–H and O–H groups in total. The van der Waals surface area contributed by atoms with Crippen LogP contribution in [-0.2, 0) is 4.79 Å². The van der Waals surface area contributed by atoms with E-state index in [0.29, 0.717) is 17.7 Å². The van der Waals surface area contributed by atoms with Gasteiger partial charge in [0, 0.05) is 19.0 Å². The fourth-order valence-electron chi connectivity index (χ4n) is 3.21. The molecule has 0 spiro atoms. The van der Waals surface area contributed by atoms with Crippen molar-refractivity contribution in [1.82, 2.24) is 4.90 Å². The lowest BCUT2D eigenvalue weighted by Gasteiger charge is -2.30. The summed E-state index contributed by atoms with van der Waals surface area (Å²) in [7, 11) is 0. The number of hydrogen-bond acceptors (Lipinski definition) is 2. The minimum atomic E-state index is 0.309. The number of likely N-dealkylation sites (tertiary alicyclic amines) is 1. The summed E-state index contributed by atoms with van der Waals surface area (Å²) in [6.07, 6.45) is 8.19. The van der Waals surface area contributed by atoms with Gasteiger partial charge in [-0.2, -0.15) is 0 Å². The zero-order valence-electron chi connectivity index (χ0n) is 10.2. The average Bonchev–Trinajstić information content (AvgIpc) is 2.82. The van der Waals surface area contributed by atoms with Crippen LogP contribution in [0.5, 0.6) is 0 Å². The van der Waals surface area contributed by atoms with Crippen LogP contribution in [0.4, 0.5) is 0 Å². The molecule has 0 aromatic rings. The van der Waals surface area contributed by atoms with Crippen LogP contribution in [0.2, 0.25) is 0 Å². The Labute approximate surface area is 98.4 Å². The van der Waals surface area contributed by atoms with Gasteiger partial charge in [-0.3, -0.25) is 4.79 Å². The highest BCUT2D eigenvalue weighted by molar-refractivity contribution is 5.79. The topological polar surface area (TPSA) is 46.3 Å². The van der Waals surface area contributed by atoms with Crippen molar-refractivity contribution in [1.29, 1.82) is 0 Å². The molecule has 1 aliphatic carbocycles. The van der Waals surface area contributed by atoms with Crippen molar-refractivity contribution >= 4 is 5.91 Å². The third-order valence-electron chi connectivity index (χ3n) is 4.12. The number of nitrogens with zero attached hydrogens (tertiary/aromatic N) is 1. The predicted octanol–water partition coefficient (Wildman–Crippen LogP) is 1.76. The van der Waals surface area contributed by atoms with Crippen LogP contribution in [0, 0.1) is 11.8 Å². The van der Waals surface area contributed by atoms with E-state index >= 15 is 0 Å². The molecule has 0 radical (unpaired) electrons. The van der Waals surface area contributed by atoms with Gasteiger partial charge in [0.25, 0.3) is 0 Å². The first kappa shape index (κ1) is 11.9. The molecule has 3 heteroatoms. The van der Waals surface area contributed by atoms with Gasteiger partial charge < -0.3 is 10.6 Å². The maximum Gasteiger partial charge on any atom is 0.225 e. The molecule has 2 aliphatic rings. The van der Waals surface area contributed by atoms with Crippen LogP contribution in [0.25, 0.3) is 0 Å². The summed E-state index contributed by atoms with van der Waals surface area (Å²) in [6, 6.07) is 0. The highest BCUT2D eigenvalue weighted by Gasteiger charge is 2.30. The highest BCUT2D eigenvalue weighted by Crippen LogP contribution is 2.32. The van der Waals surface area contributed by atoms with Gasteiger partial charge in [-0.05, 0) is 44.6 Å². The Morgan fingerprint density at radius 2 is 1.94 bits per heavy atom. The van der Waals surface area contributed by atoms with E-state index in [0.717, 1.165) is 38.9 Å². The molecule has 92 valence electrons. The molecule has 2 atom stereocenters. The van der Waals surface area contributed by atoms with Crippen LogP contribution in [0.3, 0.4) is 0 Å². The molecular weight excluding hydrogens is 200 g/mol. The van der Waals surface area contributed by atoms with Gasteiger partial charge in [0.2, 0.25) is 5.91 Å². The summed E-state index contributed by atoms with van der Waals surface area (Å²) in [5.41, 5.74) is 5.61. The largest absolute Gasteiger partial charge is 0.342 e. The second-order valence-electron chi connectivity index (χ2n) is 5.34. The smallest absolute Gasteiger partial charge is 0.225 e. The Morgan fingerprint density at radius 1 is 1.19 bits per heavy atom. The maximum atomic E-state index is 12.2. The lowest BCUT2D eigenvalue weighted by molar-refractivity contribution is -0.136. The van der Waals surface area contributed by atoms with E-state index in [1.165, 1.54) is 25.7 Å². The third-order valence-corrected chi connectivity index (χ3v) is 4.12. The Hall–Kier alpha value is -0.570. The molecule has 0 bridgehead atoms. The highest BCUT2D eigenvalue weighted by atomic mass is 16.2. The molecule has 2 rings (SSSR count). The maximum absolute atomic E-state index is 12.2. The zero-order valence-corrected chi connectivity index (χ0v) is 10.2.